The summed E-state index contributed by atoms with van der Waals surface area (Å²) >= 11 is 12.0. The standard InChI is InChI=1S/C26H21F4N3O6S3/c27-17-9-14(13-4-7-36-8-5-13)10-21(22(17)24(35)33-15-3-6-32-18(11-15)23(31)34)37-19-2-1-16(38-25(28,29)30)12-20(19)39-26(40,41)42/h1-4,6,9-12,40-42H,5,7-8H2,(H2,31,34)(H,32,33,35). The van der Waals surface area contributed by atoms with Gasteiger partial charge in [-0.2, -0.15) is 0 Å². The first-order chi connectivity index (χ1) is 19.7. The summed E-state index contributed by atoms with van der Waals surface area (Å²) in [5.74, 6) is -4.44. The van der Waals surface area contributed by atoms with Crippen molar-refractivity contribution in [1.29, 1.82) is 0 Å². The molecule has 42 heavy (non-hydrogen) atoms. The van der Waals surface area contributed by atoms with Crippen molar-refractivity contribution in [3.8, 4) is 23.0 Å². The van der Waals surface area contributed by atoms with Crippen LogP contribution in [0.1, 0.15) is 32.8 Å². The maximum atomic E-state index is 15.7. The summed E-state index contributed by atoms with van der Waals surface area (Å²) in [6.45, 7) is 0.662. The Hall–Kier alpha value is -3.60. The summed E-state index contributed by atoms with van der Waals surface area (Å²) in [7, 11) is 0. The number of hydrogen-bond acceptors (Lipinski definition) is 10. The normalized spacial score (nSPS) is 13.6. The van der Waals surface area contributed by atoms with Gasteiger partial charge in [0, 0.05) is 18.0 Å². The molecule has 0 atom stereocenters. The maximum absolute atomic E-state index is 15.7. The Labute approximate surface area is 252 Å². The van der Waals surface area contributed by atoms with Gasteiger partial charge < -0.3 is 30.0 Å². The first kappa shape index (κ1) is 31.3. The zero-order valence-corrected chi connectivity index (χ0v) is 23.8. The Morgan fingerprint density at radius 2 is 1.76 bits per heavy atom. The summed E-state index contributed by atoms with van der Waals surface area (Å²) in [5, 5.41) is 2.45. The van der Waals surface area contributed by atoms with E-state index in [1.54, 1.807) is 6.08 Å². The number of carbonyl (C=O) groups excluding carboxylic acids is 2. The monoisotopic (exact) mass is 643 g/mol. The molecule has 0 spiro atoms. The zero-order valence-electron chi connectivity index (χ0n) is 21.1. The fourth-order valence-corrected chi connectivity index (χ4v) is 4.10. The predicted molar refractivity (Wildman–Crippen MR) is 154 cm³/mol. The van der Waals surface area contributed by atoms with Gasteiger partial charge in [0.15, 0.2) is 11.5 Å². The lowest BCUT2D eigenvalue weighted by Gasteiger charge is -2.22. The minimum Gasteiger partial charge on any atom is -0.455 e. The number of nitrogens with one attached hydrogen (secondary N) is 1. The van der Waals surface area contributed by atoms with Gasteiger partial charge in [0.05, 0.1) is 13.2 Å². The van der Waals surface area contributed by atoms with Gasteiger partial charge in [-0.1, -0.05) is 6.08 Å². The fourth-order valence-electron chi connectivity index (χ4n) is 3.81. The Morgan fingerprint density at radius 1 is 1.00 bits per heavy atom. The number of rotatable bonds is 9. The van der Waals surface area contributed by atoms with Crippen molar-refractivity contribution in [3.05, 3.63) is 77.4 Å². The molecule has 0 unspecified atom stereocenters. The van der Waals surface area contributed by atoms with E-state index in [0.29, 0.717) is 24.2 Å². The van der Waals surface area contributed by atoms with Crippen LogP contribution in [0.5, 0.6) is 23.0 Å². The van der Waals surface area contributed by atoms with E-state index in [1.807, 2.05) is 0 Å². The van der Waals surface area contributed by atoms with Gasteiger partial charge >= 0.3 is 6.36 Å². The number of carbonyl (C=O) groups is 2. The van der Waals surface area contributed by atoms with Gasteiger partial charge in [-0.05, 0) is 54.0 Å². The van der Waals surface area contributed by atoms with Crippen LogP contribution >= 0.6 is 37.9 Å². The van der Waals surface area contributed by atoms with E-state index >= 15 is 4.39 Å². The summed E-state index contributed by atoms with van der Waals surface area (Å²) in [6, 6.07) is 7.88. The van der Waals surface area contributed by atoms with Crippen LogP contribution in [0.3, 0.4) is 0 Å². The summed E-state index contributed by atoms with van der Waals surface area (Å²) in [6.07, 6.45) is -1.62. The average molecular weight is 644 g/mol. The molecule has 222 valence electrons. The lowest BCUT2D eigenvalue weighted by atomic mass is 9.98. The van der Waals surface area contributed by atoms with E-state index in [1.165, 1.54) is 24.4 Å². The molecule has 0 fully saturated rings. The summed E-state index contributed by atoms with van der Waals surface area (Å²) in [4.78, 5) is 28.6. The summed E-state index contributed by atoms with van der Waals surface area (Å²) in [5.41, 5.74) is 5.68. The number of anilines is 1. The van der Waals surface area contributed by atoms with E-state index in [9.17, 15) is 22.8 Å². The molecule has 16 heteroatoms. The number of nitrogens with zero attached hydrogens (tertiary/aromatic N) is 1. The van der Waals surface area contributed by atoms with Crippen LogP contribution < -0.4 is 25.3 Å². The number of alkyl halides is 3. The number of hydrogen-bond donors (Lipinski definition) is 5. The van der Waals surface area contributed by atoms with Crippen LogP contribution in [0.4, 0.5) is 23.2 Å². The Morgan fingerprint density at radius 3 is 2.40 bits per heavy atom. The van der Waals surface area contributed by atoms with Gasteiger partial charge in [0.25, 0.3) is 11.8 Å². The average Bonchev–Trinajstić information content (AvgIpc) is 2.88. The van der Waals surface area contributed by atoms with Gasteiger partial charge in [-0.3, -0.25) is 14.6 Å². The van der Waals surface area contributed by atoms with E-state index in [4.69, 9.17) is 19.9 Å². The van der Waals surface area contributed by atoms with Crippen LogP contribution in [0.15, 0.2) is 54.7 Å². The number of aromatic nitrogens is 1. The third-order valence-corrected chi connectivity index (χ3v) is 5.77. The number of halogens is 4. The topological polar surface area (TPSA) is 122 Å². The van der Waals surface area contributed by atoms with Crippen molar-refractivity contribution in [2.75, 3.05) is 18.5 Å². The first-order valence-corrected chi connectivity index (χ1v) is 13.1. The van der Waals surface area contributed by atoms with Gasteiger partial charge in [-0.15, -0.1) is 51.1 Å². The van der Waals surface area contributed by atoms with Crippen molar-refractivity contribution in [2.24, 2.45) is 5.73 Å². The van der Waals surface area contributed by atoms with E-state index in [-0.39, 0.29) is 35.2 Å². The molecule has 1 aliphatic rings. The van der Waals surface area contributed by atoms with Gasteiger partial charge in [0.1, 0.15) is 28.6 Å². The number of primary amides is 1. The molecule has 1 aromatic heterocycles. The van der Waals surface area contributed by atoms with Crippen LogP contribution in [0.2, 0.25) is 0 Å². The van der Waals surface area contributed by atoms with Crippen LogP contribution in [-0.2, 0) is 4.74 Å². The van der Waals surface area contributed by atoms with Crippen molar-refractivity contribution in [3.63, 3.8) is 0 Å². The number of benzene rings is 2. The SMILES string of the molecule is NC(=O)c1cc(NC(=O)c2c(F)cc(C3=CCOCC3)cc2Oc2ccc(OC(F)(F)F)cc2OC(S)(S)S)ccn1. The highest BCUT2D eigenvalue weighted by Gasteiger charge is 2.32. The largest absolute Gasteiger partial charge is 0.573 e. The van der Waals surface area contributed by atoms with Crippen molar-refractivity contribution in [2.45, 2.75) is 16.4 Å². The number of thiol groups is 3. The predicted octanol–water partition coefficient (Wildman–Crippen LogP) is 5.85. The molecule has 0 aliphatic carbocycles. The molecule has 3 aromatic rings. The lowest BCUT2D eigenvalue weighted by Crippen LogP contribution is -2.18. The molecule has 0 saturated heterocycles. The Kier molecular flexibility index (Phi) is 9.50. The second-order valence-electron chi connectivity index (χ2n) is 8.57. The molecule has 9 nitrogen and oxygen atoms in total. The molecular weight excluding hydrogens is 622 g/mol. The summed E-state index contributed by atoms with van der Waals surface area (Å²) < 4.78 is 72.9. The van der Waals surface area contributed by atoms with Crippen LogP contribution in [0.25, 0.3) is 5.57 Å². The molecule has 0 radical (unpaired) electrons. The Balaban J connectivity index is 1.79. The number of nitrogens with two attached hydrogens (primary N) is 1. The second-order valence-corrected chi connectivity index (χ2v) is 11.5. The van der Waals surface area contributed by atoms with Crippen molar-refractivity contribution >= 4 is 61.0 Å². The molecule has 0 saturated carbocycles. The van der Waals surface area contributed by atoms with E-state index in [2.05, 4.69) is 52.9 Å². The second kappa shape index (κ2) is 12.7. The lowest BCUT2D eigenvalue weighted by molar-refractivity contribution is -0.274. The smallest absolute Gasteiger partial charge is 0.455 e. The van der Waals surface area contributed by atoms with Gasteiger partial charge in [-0.25, -0.2) is 4.39 Å². The fraction of sp³-hybridized carbons (Fsp3) is 0.192. The molecule has 2 aromatic carbocycles. The highest BCUT2D eigenvalue weighted by molar-refractivity contribution is 8.16. The highest BCUT2D eigenvalue weighted by atomic mass is 32.2. The molecule has 4 rings (SSSR count). The van der Waals surface area contributed by atoms with Crippen molar-refractivity contribution < 1.29 is 46.1 Å². The minimum atomic E-state index is -5.01. The highest BCUT2D eigenvalue weighted by Crippen LogP contribution is 2.42. The maximum Gasteiger partial charge on any atom is 0.573 e. The first-order valence-electron chi connectivity index (χ1n) is 11.8. The van der Waals surface area contributed by atoms with Crippen molar-refractivity contribution in [1.82, 2.24) is 4.98 Å². The third-order valence-electron chi connectivity index (χ3n) is 5.50. The molecule has 1 aliphatic heterocycles. The van der Waals surface area contributed by atoms with E-state index in [0.717, 1.165) is 24.3 Å². The zero-order chi connectivity index (χ0) is 30.7. The van der Waals surface area contributed by atoms with Crippen LogP contribution in [0, 0.1) is 5.82 Å². The quantitative estimate of drug-likeness (QED) is 0.113. The van der Waals surface area contributed by atoms with Crippen LogP contribution in [-0.4, -0.2) is 40.0 Å². The molecular formula is C26H21F4N3O6S3. The van der Waals surface area contributed by atoms with Gasteiger partial charge in [0.2, 0.25) is 3.60 Å². The minimum absolute atomic E-state index is 0.0769. The molecule has 2 heterocycles. The number of pyridine rings is 1. The Bertz CT molecular complexity index is 1550. The van der Waals surface area contributed by atoms with E-state index < -0.39 is 38.9 Å². The number of ether oxygens (including phenoxy) is 4. The molecule has 3 N–H and O–H groups in total. The molecule has 2 amide bonds. The molecule has 0 bridgehead atoms. The third kappa shape index (κ3) is 8.47. The number of amides is 2.